The summed E-state index contributed by atoms with van der Waals surface area (Å²) in [5, 5.41) is 6.53. The molecule has 0 saturated heterocycles. The number of nitrogens with one attached hydrogen (secondary N) is 2. The third-order valence-corrected chi connectivity index (χ3v) is 3.14. The van der Waals surface area contributed by atoms with Gasteiger partial charge in [-0.25, -0.2) is 9.38 Å². The molecule has 2 rings (SSSR count). The summed E-state index contributed by atoms with van der Waals surface area (Å²) in [6.45, 7) is 5.40. The molecule has 0 aromatic heterocycles. The largest absolute Gasteiger partial charge is 0.357 e. The zero-order chi connectivity index (χ0) is 13.0. The average molecular weight is 377 g/mol. The molecule has 0 amide bonds. The number of guanidine groups is 1. The Balaban J connectivity index is 0.00000180. The summed E-state index contributed by atoms with van der Waals surface area (Å²) in [6, 6.07) is 7.27. The Morgan fingerprint density at radius 3 is 2.68 bits per heavy atom. The highest BCUT2D eigenvalue weighted by Gasteiger charge is 2.33. The molecule has 1 fully saturated rings. The van der Waals surface area contributed by atoms with Gasteiger partial charge in [-0.2, -0.15) is 0 Å². The fourth-order valence-electron chi connectivity index (χ4n) is 1.81. The molecule has 0 bridgehead atoms. The van der Waals surface area contributed by atoms with Crippen LogP contribution in [0.15, 0.2) is 29.3 Å². The number of benzene rings is 1. The Morgan fingerprint density at radius 2 is 2.11 bits per heavy atom. The topological polar surface area (TPSA) is 36.4 Å². The monoisotopic (exact) mass is 377 g/mol. The Kier molecular flexibility index (Phi) is 6.54. The SMILES string of the molecule is CCNC(=NCc1ccccc1F)NC1CC1C.I. The van der Waals surface area contributed by atoms with E-state index in [2.05, 4.69) is 22.5 Å². The summed E-state index contributed by atoms with van der Waals surface area (Å²) in [7, 11) is 0. The van der Waals surface area contributed by atoms with E-state index < -0.39 is 0 Å². The van der Waals surface area contributed by atoms with Gasteiger partial charge in [0.15, 0.2) is 5.96 Å². The molecule has 0 radical (unpaired) electrons. The van der Waals surface area contributed by atoms with Crippen LogP contribution in [0.25, 0.3) is 0 Å². The molecular formula is C14H21FIN3. The normalized spacial score (nSPS) is 21.5. The standard InChI is InChI=1S/C14H20FN3.HI/c1-3-16-14(18-13-8-10(13)2)17-9-11-6-4-5-7-12(11)15;/h4-7,10,13H,3,8-9H2,1-2H3,(H2,16,17,18);1H. The van der Waals surface area contributed by atoms with Crippen LogP contribution >= 0.6 is 24.0 Å². The highest BCUT2D eigenvalue weighted by molar-refractivity contribution is 14.0. The van der Waals surface area contributed by atoms with Crippen LogP contribution in [0.1, 0.15) is 25.8 Å². The van der Waals surface area contributed by atoms with E-state index in [9.17, 15) is 4.39 Å². The molecule has 1 aromatic carbocycles. The molecule has 1 saturated carbocycles. The van der Waals surface area contributed by atoms with E-state index in [1.165, 1.54) is 12.5 Å². The van der Waals surface area contributed by atoms with Crippen LogP contribution in [0.4, 0.5) is 4.39 Å². The van der Waals surface area contributed by atoms with Crippen molar-refractivity contribution in [3.8, 4) is 0 Å². The van der Waals surface area contributed by atoms with Gasteiger partial charge in [0.1, 0.15) is 5.82 Å². The quantitative estimate of drug-likeness (QED) is 0.481. The van der Waals surface area contributed by atoms with Gasteiger partial charge in [-0.3, -0.25) is 0 Å². The van der Waals surface area contributed by atoms with Gasteiger partial charge in [0, 0.05) is 18.2 Å². The number of hydrogen-bond acceptors (Lipinski definition) is 1. The van der Waals surface area contributed by atoms with Crippen molar-refractivity contribution >= 4 is 29.9 Å². The van der Waals surface area contributed by atoms with Crippen LogP contribution < -0.4 is 10.6 Å². The number of rotatable bonds is 4. The predicted molar refractivity (Wildman–Crippen MR) is 87.3 cm³/mol. The molecule has 1 aromatic rings. The van der Waals surface area contributed by atoms with E-state index >= 15 is 0 Å². The minimum Gasteiger partial charge on any atom is -0.357 e. The molecule has 106 valence electrons. The highest BCUT2D eigenvalue weighted by atomic mass is 127. The van der Waals surface area contributed by atoms with E-state index in [1.807, 2.05) is 13.0 Å². The molecular weight excluding hydrogens is 356 g/mol. The van der Waals surface area contributed by atoms with Crippen LogP contribution in [0.3, 0.4) is 0 Å². The molecule has 0 heterocycles. The second-order valence-electron chi connectivity index (χ2n) is 4.75. The van der Waals surface area contributed by atoms with Gasteiger partial charge in [0.2, 0.25) is 0 Å². The fraction of sp³-hybridized carbons (Fsp3) is 0.500. The minimum absolute atomic E-state index is 0. The molecule has 0 spiro atoms. The number of nitrogens with zero attached hydrogens (tertiary/aromatic N) is 1. The van der Waals surface area contributed by atoms with Crippen molar-refractivity contribution in [2.75, 3.05) is 6.54 Å². The first-order valence-electron chi connectivity index (χ1n) is 6.49. The van der Waals surface area contributed by atoms with Crippen LogP contribution in [0.2, 0.25) is 0 Å². The number of halogens is 2. The van der Waals surface area contributed by atoms with Crippen LogP contribution in [0.5, 0.6) is 0 Å². The molecule has 0 aliphatic heterocycles. The van der Waals surface area contributed by atoms with Crippen molar-refractivity contribution in [2.24, 2.45) is 10.9 Å². The number of hydrogen-bond donors (Lipinski definition) is 2. The molecule has 2 unspecified atom stereocenters. The molecule has 1 aliphatic rings. The van der Waals surface area contributed by atoms with Gasteiger partial charge in [-0.05, 0) is 25.3 Å². The minimum atomic E-state index is -0.197. The maximum Gasteiger partial charge on any atom is 0.191 e. The summed E-state index contributed by atoms with van der Waals surface area (Å²) < 4.78 is 13.5. The first kappa shape index (κ1) is 16.2. The van der Waals surface area contributed by atoms with E-state index in [1.54, 1.807) is 12.1 Å². The second kappa shape index (κ2) is 7.67. The third kappa shape index (κ3) is 4.97. The van der Waals surface area contributed by atoms with Gasteiger partial charge in [-0.1, -0.05) is 25.1 Å². The van der Waals surface area contributed by atoms with Crippen LogP contribution in [0, 0.1) is 11.7 Å². The smallest absolute Gasteiger partial charge is 0.191 e. The maximum absolute atomic E-state index is 13.5. The summed E-state index contributed by atoms with van der Waals surface area (Å²) in [4.78, 5) is 4.41. The lowest BCUT2D eigenvalue weighted by Crippen LogP contribution is -2.39. The van der Waals surface area contributed by atoms with Crippen LogP contribution in [-0.4, -0.2) is 18.5 Å². The molecule has 2 atom stereocenters. The van der Waals surface area contributed by atoms with E-state index in [-0.39, 0.29) is 29.8 Å². The zero-order valence-corrected chi connectivity index (χ0v) is 13.6. The molecule has 2 N–H and O–H groups in total. The molecule has 5 heteroatoms. The molecule has 1 aliphatic carbocycles. The zero-order valence-electron chi connectivity index (χ0n) is 11.3. The van der Waals surface area contributed by atoms with Crippen molar-refractivity contribution in [3.63, 3.8) is 0 Å². The molecule has 19 heavy (non-hydrogen) atoms. The highest BCUT2D eigenvalue weighted by Crippen LogP contribution is 2.28. The lowest BCUT2D eigenvalue weighted by molar-refractivity contribution is 0.610. The Labute approximate surface area is 131 Å². The lowest BCUT2D eigenvalue weighted by Gasteiger charge is -2.10. The van der Waals surface area contributed by atoms with Crippen LogP contribution in [-0.2, 0) is 6.54 Å². The third-order valence-electron chi connectivity index (χ3n) is 3.14. The van der Waals surface area contributed by atoms with Crippen molar-refractivity contribution in [2.45, 2.75) is 32.9 Å². The summed E-state index contributed by atoms with van der Waals surface area (Å²) in [5.41, 5.74) is 0.624. The van der Waals surface area contributed by atoms with Gasteiger partial charge in [0.05, 0.1) is 6.54 Å². The summed E-state index contributed by atoms with van der Waals surface area (Å²) in [5.74, 6) is 1.29. The lowest BCUT2D eigenvalue weighted by atomic mass is 10.2. The van der Waals surface area contributed by atoms with E-state index in [4.69, 9.17) is 0 Å². The van der Waals surface area contributed by atoms with Gasteiger partial charge in [0.25, 0.3) is 0 Å². The predicted octanol–water partition coefficient (Wildman–Crippen LogP) is 2.91. The second-order valence-corrected chi connectivity index (χ2v) is 4.75. The van der Waals surface area contributed by atoms with E-state index in [0.717, 1.165) is 12.5 Å². The number of aliphatic imine (C=N–C) groups is 1. The Morgan fingerprint density at radius 1 is 1.42 bits per heavy atom. The van der Waals surface area contributed by atoms with Gasteiger partial charge < -0.3 is 10.6 Å². The van der Waals surface area contributed by atoms with Crippen molar-refractivity contribution in [1.82, 2.24) is 10.6 Å². The summed E-state index contributed by atoms with van der Waals surface area (Å²) >= 11 is 0. The van der Waals surface area contributed by atoms with Gasteiger partial charge >= 0.3 is 0 Å². The first-order chi connectivity index (χ1) is 8.70. The van der Waals surface area contributed by atoms with Crippen molar-refractivity contribution < 1.29 is 4.39 Å². The maximum atomic E-state index is 13.5. The molecule has 3 nitrogen and oxygen atoms in total. The van der Waals surface area contributed by atoms with Crippen molar-refractivity contribution in [1.29, 1.82) is 0 Å². The summed E-state index contributed by atoms with van der Waals surface area (Å²) in [6.07, 6.45) is 1.18. The Bertz CT molecular complexity index is 436. The van der Waals surface area contributed by atoms with Crippen molar-refractivity contribution in [3.05, 3.63) is 35.6 Å². The van der Waals surface area contributed by atoms with Gasteiger partial charge in [-0.15, -0.1) is 24.0 Å². The first-order valence-corrected chi connectivity index (χ1v) is 6.49. The van der Waals surface area contributed by atoms with E-state index in [0.29, 0.717) is 24.1 Å². The average Bonchev–Trinajstić information content (AvgIpc) is 3.04. The Hall–Kier alpha value is -0.850. The fourth-order valence-corrected chi connectivity index (χ4v) is 1.81.